The molecule has 1 aliphatic carbocycles. The van der Waals surface area contributed by atoms with Gasteiger partial charge in [-0.25, -0.2) is 26.8 Å². The standard InChI is InChI=1S/C23H23ClN2O4S2/c1-16-6-8-17(9-7-16)15-32(29,30)23-25-21-5-3-2-4-20(21)22(26-23)31(27,28)14-18-10-12-19(24)13-11-18/h6-13H,2-5,14-15H2,1H3. The molecule has 1 aromatic heterocycles. The van der Waals surface area contributed by atoms with Crippen molar-refractivity contribution < 1.29 is 16.8 Å². The van der Waals surface area contributed by atoms with Gasteiger partial charge in [0, 0.05) is 16.3 Å². The topological polar surface area (TPSA) is 94.1 Å². The number of rotatable bonds is 6. The van der Waals surface area contributed by atoms with Gasteiger partial charge >= 0.3 is 0 Å². The van der Waals surface area contributed by atoms with Crippen LogP contribution in [-0.2, 0) is 44.0 Å². The molecular formula is C23H23ClN2O4S2. The lowest BCUT2D eigenvalue weighted by molar-refractivity contribution is 0.560. The van der Waals surface area contributed by atoms with Crippen LogP contribution in [0, 0.1) is 6.92 Å². The molecule has 0 atom stereocenters. The molecule has 0 spiro atoms. The molecule has 0 radical (unpaired) electrons. The number of sulfone groups is 2. The van der Waals surface area contributed by atoms with Crippen molar-refractivity contribution in [1.29, 1.82) is 0 Å². The third-order valence-electron chi connectivity index (χ3n) is 5.44. The van der Waals surface area contributed by atoms with Crippen LogP contribution in [0.3, 0.4) is 0 Å². The summed E-state index contributed by atoms with van der Waals surface area (Å²) < 4.78 is 52.9. The van der Waals surface area contributed by atoms with E-state index < -0.39 is 24.8 Å². The van der Waals surface area contributed by atoms with Crippen molar-refractivity contribution in [3.05, 3.63) is 81.5 Å². The van der Waals surface area contributed by atoms with E-state index in [1.165, 1.54) is 0 Å². The number of halogens is 1. The van der Waals surface area contributed by atoms with Gasteiger partial charge in [-0.2, -0.15) is 0 Å². The summed E-state index contributed by atoms with van der Waals surface area (Å²) in [5.74, 6) is -0.576. The number of benzene rings is 2. The van der Waals surface area contributed by atoms with Gasteiger partial charge in [0.2, 0.25) is 15.0 Å². The van der Waals surface area contributed by atoms with Crippen molar-refractivity contribution in [2.45, 2.75) is 54.3 Å². The first kappa shape index (κ1) is 22.9. The van der Waals surface area contributed by atoms with E-state index in [4.69, 9.17) is 11.6 Å². The van der Waals surface area contributed by atoms with Crippen molar-refractivity contribution in [3.8, 4) is 0 Å². The lowest BCUT2D eigenvalue weighted by Gasteiger charge is -2.19. The zero-order chi connectivity index (χ0) is 22.9. The fourth-order valence-corrected chi connectivity index (χ4v) is 6.78. The van der Waals surface area contributed by atoms with Gasteiger partial charge in [-0.15, -0.1) is 0 Å². The summed E-state index contributed by atoms with van der Waals surface area (Å²) in [5.41, 5.74) is 3.23. The third-order valence-corrected chi connectivity index (χ3v) is 8.79. The van der Waals surface area contributed by atoms with E-state index in [0.717, 1.165) is 18.4 Å². The molecule has 0 saturated heterocycles. The number of aryl methyl sites for hydroxylation is 2. The average molecular weight is 491 g/mol. The summed E-state index contributed by atoms with van der Waals surface area (Å²) in [6, 6.07) is 13.7. The maximum Gasteiger partial charge on any atom is 0.248 e. The normalized spacial score (nSPS) is 14.2. The van der Waals surface area contributed by atoms with Gasteiger partial charge in [-0.05, 0) is 55.9 Å². The predicted molar refractivity (Wildman–Crippen MR) is 123 cm³/mol. The Bertz CT molecular complexity index is 1350. The molecule has 0 N–H and O–H groups in total. The molecule has 1 aliphatic rings. The highest BCUT2D eigenvalue weighted by atomic mass is 35.5. The number of hydrogen-bond acceptors (Lipinski definition) is 6. The van der Waals surface area contributed by atoms with Crippen molar-refractivity contribution >= 4 is 31.3 Å². The lowest BCUT2D eigenvalue weighted by atomic mass is 9.98. The van der Waals surface area contributed by atoms with Crippen LogP contribution < -0.4 is 0 Å². The molecule has 0 amide bonds. The number of hydrogen-bond donors (Lipinski definition) is 0. The van der Waals surface area contributed by atoms with Gasteiger partial charge in [0.05, 0.1) is 11.5 Å². The van der Waals surface area contributed by atoms with Crippen molar-refractivity contribution in [1.82, 2.24) is 9.97 Å². The molecule has 0 saturated carbocycles. The summed E-state index contributed by atoms with van der Waals surface area (Å²) in [6.07, 6.45) is 2.70. The Kier molecular flexibility index (Phi) is 6.38. The second kappa shape index (κ2) is 8.92. The summed E-state index contributed by atoms with van der Waals surface area (Å²) >= 11 is 5.90. The van der Waals surface area contributed by atoms with E-state index in [1.807, 2.05) is 19.1 Å². The molecular weight excluding hydrogens is 468 g/mol. The minimum absolute atomic E-state index is 0.167. The monoisotopic (exact) mass is 490 g/mol. The van der Waals surface area contributed by atoms with Crippen LogP contribution in [0.15, 0.2) is 58.7 Å². The van der Waals surface area contributed by atoms with Gasteiger partial charge in [-0.1, -0.05) is 53.6 Å². The third kappa shape index (κ3) is 5.03. The zero-order valence-electron chi connectivity index (χ0n) is 17.6. The Morgan fingerprint density at radius 2 is 1.34 bits per heavy atom. The number of fused-ring (bicyclic) bond motifs is 1. The van der Waals surface area contributed by atoms with Gasteiger partial charge in [-0.3, -0.25) is 0 Å². The molecule has 0 unspecified atom stereocenters. The maximum atomic E-state index is 13.3. The fourth-order valence-electron chi connectivity index (χ4n) is 3.77. The van der Waals surface area contributed by atoms with Crippen LogP contribution in [0.25, 0.3) is 0 Å². The zero-order valence-corrected chi connectivity index (χ0v) is 20.0. The Morgan fingerprint density at radius 1 is 0.781 bits per heavy atom. The Balaban J connectivity index is 1.76. The van der Waals surface area contributed by atoms with E-state index >= 15 is 0 Å². The van der Waals surface area contributed by atoms with E-state index in [0.29, 0.717) is 40.2 Å². The molecule has 6 nitrogen and oxygen atoms in total. The summed E-state index contributed by atoms with van der Waals surface area (Å²) in [6.45, 7) is 1.92. The Labute approximate surface area is 193 Å². The molecule has 3 aromatic rings. The van der Waals surface area contributed by atoms with Gasteiger partial charge < -0.3 is 0 Å². The largest absolute Gasteiger partial charge is 0.248 e. The fraction of sp³-hybridized carbons (Fsp3) is 0.304. The second-order valence-electron chi connectivity index (χ2n) is 8.07. The van der Waals surface area contributed by atoms with E-state index in [1.54, 1.807) is 36.4 Å². The van der Waals surface area contributed by atoms with Crippen LogP contribution >= 0.6 is 11.6 Å². The van der Waals surface area contributed by atoms with E-state index in [2.05, 4.69) is 9.97 Å². The first-order valence-electron chi connectivity index (χ1n) is 10.3. The van der Waals surface area contributed by atoms with Crippen molar-refractivity contribution in [2.75, 3.05) is 0 Å². The summed E-state index contributed by atoms with van der Waals surface area (Å²) in [7, 11) is -7.81. The van der Waals surface area contributed by atoms with Gasteiger partial charge in [0.25, 0.3) is 0 Å². The molecule has 2 aromatic carbocycles. The van der Waals surface area contributed by atoms with Gasteiger partial charge in [0.1, 0.15) is 0 Å². The minimum atomic E-state index is -3.93. The lowest BCUT2D eigenvalue weighted by Crippen LogP contribution is -2.21. The average Bonchev–Trinajstić information content (AvgIpc) is 2.76. The smallest absolute Gasteiger partial charge is 0.223 e. The van der Waals surface area contributed by atoms with Crippen LogP contribution in [0.5, 0.6) is 0 Å². The van der Waals surface area contributed by atoms with Crippen LogP contribution in [-0.4, -0.2) is 26.8 Å². The minimum Gasteiger partial charge on any atom is -0.223 e. The van der Waals surface area contributed by atoms with Crippen molar-refractivity contribution in [3.63, 3.8) is 0 Å². The predicted octanol–water partition coefficient (Wildman–Crippen LogP) is 4.27. The van der Waals surface area contributed by atoms with Crippen molar-refractivity contribution in [2.24, 2.45) is 0 Å². The Hall–Kier alpha value is -2.29. The van der Waals surface area contributed by atoms with Crippen LogP contribution in [0.1, 0.15) is 40.8 Å². The highest BCUT2D eigenvalue weighted by Crippen LogP contribution is 2.29. The highest BCUT2D eigenvalue weighted by molar-refractivity contribution is 7.91. The molecule has 1 heterocycles. The molecule has 32 heavy (non-hydrogen) atoms. The van der Waals surface area contributed by atoms with Crippen LogP contribution in [0.4, 0.5) is 0 Å². The SMILES string of the molecule is Cc1ccc(CS(=O)(=O)c2nc3c(c(S(=O)(=O)Cc4ccc(Cl)cc4)n2)CCCC3)cc1. The molecule has 0 bridgehead atoms. The van der Waals surface area contributed by atoms with E-state index in [-0.39, 0.29) is 16.5 Å². The summed E-state index contributed by atoms with van der Waals surface area (Å²) in [4.78, 5) is 8.45. The maximum absolute atomic E-state index is 13.3. The molecule has 9 heteroatoms. The summed E-state index contributed by atoms with van der Waals surface area (Å²) in [5, 5.41) is -0.0805. The molecule has 0 fully saturated rings. The second-order valence-corrected chi connectivity index (χ2v) is 12.3. The molecule has 0 aliphatic heterocycles. The first-order chi connectivity index (χ1) is 15.1. The number of nitrogens with zero attached hydrogens (tertiary/aromatic N) is 2. The van der Waals surface area contributed by atoms with E-state index in [9.17, 15) is 16.8 Å². The van der Waals surface area contributed by atoms with Crippen LogP contribution in [0.2, 0.25) is 5.02 Å². The Morgan fingerprint density at radius 3 is 2.00 bits per heavy atom. The highest BCUT2D eigenvalue weighted by Gasteiger charge is 2.30. The number of aromatic nitrogens is 2. The van der Waals surface area contributed by atoms with Gasteiger partial charge in [0.15, 0.2) is 14.9 Å². The molecule has 168 valence electrons. The molecule has 4 rings (SSSR count). The first-order valence-corrected chi connectivity index (χ1v) is 14.0. The quantitative estimate of drug-likeness (QED) is 0.378.